The van der Waals surface area contributed by atoms with Crippen LogP contribution >= 0.6 is 0 Å². The summed E-state index contributed by atoms with van der Waals surface area (Å²) in [5, 5.41) is 6.31. The van der Waals surface area contributed by atoms with Crippen molar-refractivity contribution in [3.05, 3.63) is 59.4 Å². The first-order chi connectivity index (χ1) is 15.7. The Labute approximate surface area is 187 Å². The van der Waals surface area contributed by atoms with Crippen LogP contribution in [0.15, 0.2) is 42.6 Å². The number of carbonyl (C=O) groups excluding carboxylic acids is 2. The van der Waals surface area contributed by atoms with Gasteiger partial charge in [-0.25, -0.2) is 0 Å². The van der Waals surface area contributed by atoms with E-state index in [1.54, 1.807) is 6.20 Å². The van der Waals surface area contributed by atoms with Crippen molar-refractivity contribution in [3.63, 3.8) is 0 Å². The Morgan fingerprint density at radius 1 is 0.938 bits per heavy atom. The number of carbonyl (C=O) groups is 2. The van der Waals surface area contributed by atoms with Crippen LogP contribution in [0, 0.1) is 0 Å². The molecule has 0 aliphatic carbocycles. The Morgan fingerprint density at radius 2 is 1.69 bits per heavy atom. The van der Waals surface area contributed by atoms with Crippen molar-refractivity contribution in [1.82, 2.24) is 19.6 Å². The van der Waals surface area contributed by atoms with E-state index < -0.39 is 0 Å². The highest BCUT2D eigenvalue weighted by atomic mass is 16.5. The lowest BCUT2D eigenvalue weighted by atomic mass is 10.0. The summed E-state index contributed by atoms with van der Waals surface area (Å²) in [6.07, 6.45) is 4.83. The SMILES string of the molecule is CCOc1ccc2ccccc2c1C(=O)N1CCN(C(=O)c2cnn3c2CCCC3)CC1. The smallest absolute Gasteiger partial charge is 0.258 e. The number of nitrogens with zero attached hydrogens (tertiary/aromatic N) is 4. The summed E-state index contributed by atoms with van der Waals surface area (Å²) < 4.78 is 7.76. The quantitative estimate of drug-likeness (QED) is 0.634. The molecule has 5 rings (SSSR count). The molecule has 0 radical (unpaired) electrons. The van der Waals surface area contributed by atoms with E-state index in [-0.39, 0.29) is 11.8 Å². The zero-order chi connectivity index (χ0) is 22.1. The maximum Gasteiger partial charge on any atom is 0.258 e. The number of benzene rings is 2. The second kappa shape index (κ2) is 8.65. The monoisotopic (exact) mass is 432 g/mol. The van der Waals surface area contributed by atoms with Gasteiger partial charge < -0.3 is 14.5 Å². The van der Waals surface area contributed by atoms with E-state index in [0.29, 0.717) is 44.1 Å². The van der Waals surface area contributed by atoms with Crippen LogP contribution in [0.1, 0.15) is 46.2 Å². The van der Waals surface area contributed by atoms with Crippen molar-refractivity contribution < 1.29 is 14.3 Å². The molecule has 2 amide bonds. The molecule has 3 aromatic rings. The first-order valence-electron chi connectivity index (χ1n) is 11.4. The second-order valence-electron chi connectivity index (χ2n) is 8.36. The van der Waals surface area contributed by atoms with Crippen molar-refractivity contribution in [1.29, 1.82) is 0 Å². The van der Waals surface area contributed by atoms with Gasteiger partial charge in [0.05, 0.1) is 29.6 Å². The van der Waals surface area contributed by atoms with E-state index in [0.717, 1.165) is 47.8 Å². The van der Waals surface area contributed by atoms with Gasteiger partial charge in [0.15, 0.2) is 0 Å². The van der Waals surface area contributed by atoms with Crippen molar-refractivity contribution in [2.24, 2.45) is 0 Å². The van der Waals surface area contributed by atoms with Crippen LogP contribution in [0.2, 0.25) is 0 Å². The molecule has 166 valence electrons. The predicted octanol–water partition coefficient (Wildman–Crippen LogP) is 3.37. The maximum absolute atomic E-state index is 13.5. The Morgan fingerprint density at radius 3 is 2.47 bits per heavy atom. The van der Waals surface area contributed by atoms with Crippen LogP contribution < -0.4 is 4.74 Å². The molecule has 3 heterocycles. The fourth-order valence-corrected chi connectivity index (χ4v) is 4.79. The zero-order valence-electron chi connectivity index (χ0n) is 18.4. The summed E-state index contributed by atoms with van der Waals surface area (Å²) in [6.45, 7) is 5.35. The molecule has 2 aromatic carbocycles. The minimum Gasteiger partial charge on any atom is -0.493 e. The Hall–Kier alpha value is -3.35. The van der Waals surface area contributed by atoms with Crippen molar-refractivity contribution in [2.45, 2.75) is 32.7 Å². The fraction of sp³-hybridized carbons (Fsp3) is 0.400. The number of piperazine rings is 1. The molecule has 1 fully saturated rings. The third kappa shape index (κ3) is 3.61. The molecule has 1 saturated heterocycles. The molecule has 1 aromatic heterocycles. The Kier molecular flexibility index (Phi) is 5.55. The lowest BCUT2D eigenvalue weighted by Crippen LogP contribution is -2.50. The van der Waals surface area contributed by atoms with Crippen LogP contribution in [-0.4, -0.2) is 64.2 Å². The number of hydrogen-bond donors (Lipinski definition) is 0. The van der Waals surface area contributed by atoms with E-state index in [1.165, 1.54) is 0 Å². The lowest BCUT2D eigenvalue weighted by molar-refractivity contribution is 0.0533. The van der Waals surface area contributed by atoms with E-state index in [1.807, 2.05) is 57.8 Å². The van der Waals surface area contributed by atoms with E-state index in [9.17, 15) is 9.59 Å². The van der Waals surface area contributed by atoms with Gasteiger partial charge in [0.1, 0.15) is 5.75 Å². The summed E-state index contributed by atoms with van der Waals surface area (Å²) in [5.74, 6) is 0.599. The minimum absolute atomic E-state index is 0.0282. The third-order valence-electron chi connectivity index (χ3n) is 6.47. The Balaban J connectivity index is 1.34. The highest BCUT2D eigenvalue weighted by molar-refractivity contribution is 6.09. The predicted molar refractivity (Wildman–Crippen MR) is 122 cm³/mol. The first kappa shape index (κ1) is 20.5. The van der Waals surface area contributed by atoms with Gasteiger partial charge in [-0.05, 0) is 43.0 Å². The largest absolute Gasteiger partial charge is 0.493 e. The highest BCUT2D eigenvalue weighted by Crippen LogP contribution is 2.30. The third-order valence-corrected chi connectivity index (χ3v) is 6.47. The van der Waals surface area contributed by atoms with E-state index in [2.05, 4.69) is 5.10 Å². The van der Waals surface area contributed by atoms with Crippen LogP contribution in [0.3, 0.4) is 0 Å². The molecule has 0 atom stereocenters. The van der Waals surface area contributed by atoms with Gasteiger partial charge >= 0.3 is 0 Å². The maximum atomic E-state index is 13.5. The molecule has 0 saturated carbocycles. The number of rotatable bonds is 4. The highest BCUT2D eigenvalue weighted by Gasteiger charge is 2.30. The molecular formula is C25H28N4O3. The van der Waals surface area contributed by atoms with Crippen LogP contribution in [0.4, 0.5) is 0 Å². The molecule has 7 heteroatoms. The summed E-state index contributed by atoms with van der Waals surface area (Å²) in [6, 6.07) is 11.7. The summed E-state index contributed by atoms with van der Waals surface area (Å²) in [7, 11) is 0. The van der Waals surface area contributed by atoms with Crippen molar-refractivity contribution >= 4 is 22.6 Å². The molecular weight excluding hydrogens is 404 g/mol. The number of ether oxygens (including phenoxy) is 1. The molecule has 0 N–H and O–H groups in total. The Bertz CT molecular complexity index is 1160. The van der Waals surface area contributed by atoms with Gasteiger partial charge in [0, 0.05) is 32.7 Å². The number of fused-ring (bicyclic) bond motifs is 2. The summed E-state index contributed by atoms with van der Waals surface area (Å²) in [5.41, 5.74) is 2.38. The molecule has 0 unspecified atom stereocenters. The summed E-state index contributed by atoms with van der Waals surface area (Å²) >= 11 is 0. The first-order valence-corrected chi connectivity index (χ1v) is 11.4. The lowest BCUT2D eigenvalue weighted by Gasteiger charge is -2.35. The van der Waals surface area contributed by atoms with Gasteiger partial charge in [-0.15, -0.1) is 0 Å². The standard InChI is InChI=1S/C25H28N4O3/c1-2-32-22-11-10-18-7-3-4-8-19(18)23(22)25(31)28-15-13-27(14-16-28)24(30)20-17-26-29-12-6-5-9-21(20)29/h3-4,7-8,10-11,17H,2,5-6,9,12-16H2,1H3. The number of hydrogen-bond acceptors (Lipinski definition) is 4. The van der Waals surface area contributed by atoms with E-state index >= 15 is 0 Å². The van der Waals surface area contributed by atoms with Crippen LogP contribution in [0.25, 0.3) is 10.8 Å². The number of aromatic nitrogens is 2. The molecule has 2 aliphatic rings. The molecule has 0 bridgehead atoms. The molecule has 7 nitrogen and oxygen atoms in total. The molecule has 32 heavy (non-hydrogen) atoms. The fourth-order valence-electron chi connectivity index (χ4n) is 4.79. The number of aryl methyl sites for hydroxylation is 1. The van der Waals surface area contributed by atoms with Gasteiger partial charge in [0.2, 0.25) is 0 Å². The second-order valence-corrected chi connectivity index (χ2v) is 8.36. The van der Waals surface area contributed by atoms with Crippen LogP contribution in [0.5, 0.6) is 5.75 Å². The number of amides is 2. The van der Waals surface area contributed by atoms with Crippen molar-refractivity contribution in [3.8, 4) is 5.75 Å². The molecule has 2 aliphatic heterocycles. The van der Waals surface area contributed by atoms with Crippen molar-refractivity contribution in [2.75, 3.05) is 32.8 Å². The van der Waals surface area contributed by atoms with E-state index in [4.69, 9.17) is 4.74 Å². The molecule has 0 spiro atoms. The van der Waals surface area contributed by atoms with Gasteiger partial charge in [0.25, 0.3) is 11.8 Å². The normalized spacial score (nSPS) is 16.2. The van der Waals surface area contributed by atoms with Gasteiger partial charge in [-0.2, -0.15) is 5.10 Å². The average molecular weight is 433 g/mol. The zero-order valence-corrected chi connectivity index (χ0v) is 18.4. The topological polar surface area (TPSA) is 67.7 Å². The van der Waals surface area contributed by atoms with Crippen LogP contribution in [-0.2, 0) is 13.0 Å². The summed E-state index contributed by atoms with van der Waals surface area (Å²) in [4.78, 5) is 30.4. The average Bonchev–Trinajstić information content (AvgIpc) is 3.27. The van der Waals surface area contributed by atoms with Gasteiger partial charge in [-0.1, -0.05) is 30.3 Å². The van der Waals surface area contributed by atoms with Gasteiger partial charge in [-0.3, -0.25) is 14.3 Å². The minimum atomic E-state index is -0.0414.